The number of carbonyl (C=O) groups excluding carboxylic acids is 1. The quantitative estimate of drug-likeness (QED) is 0.804. The molecule has 1 unspecified atom stereocenters. The first-order chi connectivity index (χ1) is 8.37. The van der Waals surface area contributed by atoms with Gasteiger partial charge in [0.25, 0.3) is 0 Å². The van der Waals surface area contributed by atoms with Crippen molar-refractivity contribution in [3.8, 4) is 0 Å². The SMILES string of the molecule is CC(C)(C)OC(=O)NCC(N)CC1CCOCC1. The van der Waals surface area contributed by atoms with Gasteiger partial charge in [0.05, 0.1) is 0 Å². The maximum absolute atomic E-state index is 11.4. The van der Waals surface area contributed by atoms with E-state index in [0.717, 1.165) is 32.5 Å². The molecule has 3 N–H and O–H groups in total. The van der Waals surface area contributed by atoms with Gasteiger partial charge in [-0.05, 0) is 46.0 Å². The van der Waals surface area contributed by atoms with Crippen molar-refractivity contribution in [2.45, 2.75) is 51.7 Å². The summed E-state index contributed by atoms with van der Waals surface area (Å²) in [6, 6.07) is -0.0133. The Labute approximate surface area is 109 Å². The van der Waals surface area contributed by atoms with Gasteiger partial charge in [-0.2, -0.15) is 0 Å². The van der Waals surface area contributed by atoms with Gasteiger partial charge in [0.1, 0.15) is 5.60 Å². The second-order valence-electron chi connectivity index (χ2n) is 5.93. The Morgan fingerprint density at radius 2 is 2.06 bits per heavy atom. The van der Waals surface area contributed by atoms with Crippen LogP contribution >= 0.6 is 0 Å². The average molecular weight is 258 g/mol. The zero-order chi connectivity index (χ0) is 13.6. The first-order valence-electron chi connectivity index (χ1n) is 6.67. The smallest absolute Gasteiger partial charge is 0.407 e. The molecule has 1 aliphatic rings. The van der Waals surface area contributed by atoms with E-state index in [9.17, 15) is 4.79 Å². The highest BCUT2D eigenvalue weighted by Gasteiger charge is 2.19. The van der Waals surface area contributed by atoms with Crippen LogP contribution in [0.5, 0.6) is 0 Å². The summed E-state index contributed by atoms with van der Waals surface area (Å²) >= 11 is 0. The predicted molar refractivity (Wildman–Crippen MR) is 70.4 cm³/mol. The average Bonchev–Trinajstić information content (AvgIpc) is 2.25. The second kappa shape index (κ2) is 6.95. The number of carbonyl (C=O) groups is 1. The van der Waals surface area contributed by atoms with Gasteiger partial charge in [-0.3, -0.25) is 0 Å². The molecule has 0 aliphatic carbocycles. The van der Waals surface area contributed by atoms with Crippen LogP contribution in [-0.2, 0) is 9.47 Å². The molecule has 1 fully saturated rings. The fourth-order valence-electron chi connectivity index (χ4n) is 2.02. The molecule has 1 saturated heterocycles. The van der Waals surface area contributed by atoms with Crippen molar-refractivity contribution in [2.75, 3.05) is 19.8 Å². The van der Waals surface area contributed by atoms with E-state index in [1.165, 1.54) is 0 Å². The van der Waals surface area contributed by atoms with Crippen LogP contribution in [0, 0.1) is 5.92 Å². The molecule has 0 aromatic carbocycles. The molecule has 1 atom stereocenters. The molecule has 1 aliphatic heterocycles. The number of nitrogens with two attached hydrogens (primary N) is 1. The standard InChI is InChI=1S/C13H26N2O3/c1-13(2,3)18-12(16)15-9-11(14)8-10-4-6-17-7-5-10/h10-11H,4-9,14H2,1-3H3,(H,15,16). The van der Waals surface area contributed by atoms with Gasteiger partial charge in [0.15, 0.2) is 0 Å². The summed E-state index contributed by atoms with van der Waals surface area (Å²) in [6.45, 7) is 7.65. The zero-order valence-electron chi connectivity index (χ0n) is 11.7. The predicted octanol–water partition coefficient (Wildman–Crippen LogP) is 1.66. The highest BCUT2D eigenvalue weighted by atomic mass is 16.6. The first kappa shape index (κ1) is 15.2. The van der Waals surface area contributed by atoms with E-state index in [-0.39, 0.29) is 6.04 Å². The third kappa shape index (κ3) is 6.81. The first-order valence-corrected chi connectivity index (χ1v) is 6.67. The van der Waals surface area contributed by atoms with Crippen molar-refractivity contribution >= 4 is 6.09 Å². The molecular formula is C13H26N2O3. The van der Waals surface area contributed by atoms with Crippen LogP contribution in [0.1, 0.15) is 40.0 Å². The highest BCUT2D eigenvalue weighted by Crippen LogP contribution is 2.19. The molecule has 106 valence electrons. The van der Waals surface area contributed by atoms with Crippen molar-refractivity contribution in [3.05, 3.63) is 0 Å². The fourth-order valence-corrected chi connectivity index (χ4v) is 2.02. The van der Waals surface area contributed by atoms with E-state index in [1.807, 2.05) is 20.8 Å². The number of nitrogens with one attached hydrogen (secondary N) is 1. The highest BCUT2D eigenvalue weighted by molar-refractivity contribution is 5.67. The number of rotatable bonds is 4. The molecule has 0 saturated carbocycles. The number of amides is 1. The van der Waals surface area contributed by atoms with Crippen molar-refractivity contribution in [1.29, 1.82) is 0 Å². The summed E-state index contributed by atoms with van der Waals surface area (Å²) in [5.74, 6) is 0.620. The van der Waals surface area contributed by atoms with E-state index >= 15 is 0 Å². The Morgan fingerprint density at radius 3 is 2.61 bits per heavy atom. The lowest BCUT2D eigenvalue weighted by Crippen LogP contribution is -2.41. The van der Waals surface area contributed by atoms with Gasteiger partial charge >= 0.3 is 6.09 Å². The minimum atomic E-state index is -0.463. The van der Waals surface area contributed by atoms with Gasteiger partial charge in [0, 0.05) is 25.8 Å². The van der Waals surface area contributed by atoms with Gasteiger partial charge in [-0.15, -0.1) is 0 Å². The molecule has 5 heteroatoms. The minimum absolute atomic E-state index is 0.0133. The number of hydrogen-bond donors (Lipinski definition) is 2. The second-order valence-corrected chi connectivity index (χ2v) is 5.93. The van der Waals surface area contributed by atoms with E-state index in [2.05, 4.69) is 5.32 Å². The fraction of sp³-hybridized carbons (Fsp3) is 0.923. The van der Waals surface area contributed by atoms with Gasteiger partial charge in [-0.25, -0.2) is 4.79 Å². The van der Waals surface area contributed by atoms with Crippen molar-refractivity contribution in [2.24, 2.45) is 11.7 Å². The molecule has 18 heavy (non-hydrogen) atoms. The van der Waals surface area contributed by atoms with Crippen molar-refractivity contribution < 1.29 is 14.3 Å². The third-order valence-corrected chi connectivity index (χ3v) is 2.88. The molecule has 0 aromatic heterocycles. The molecule has 0 radical (unpaired) electrons. The summed E-state index contributed by atoms with van der Waals surface area (Å²) < 4.78 is 10.5. The van der Waals surface area contributed by atoms with Crippen LogP contribution in [0.25, 0.3) is 0 Å². The molecular weight excluding hydrogens is 232 g/mol. The Bertz CT molecular complexity index is 257. The van der Waals surface area contributed by atoms with Crippen molar-refractivity contribution in [3.63, 3.8) is 0 Å². The number of alkyl carbamates (subject to hydrolysis) is 1. The Balaban J connectivity index is 2.16. The van der Waals surface area contributed by atoms with E-state index in [1.54, 1.807) is 0 Å². The van der Waals surface area contributed by atoms with Crippen LogP contribution in [-0.4, -0.2) is 37.5 Å². The molecule has 0 bridgehead atoms. The zero-order valence-corrected chi connectivity index (χ0v) is 11.7. The largest absolute Gasteiger partial charge is 0.444 e. The third-order valence-electron chi connectivity index (χ3n) is 2.88. The van der Waals surface area contributed by atoms with Crippen molar-refractivity contribution in [1.82, 2.24) is 5.32 Å². The number of hydrogen-bond acceptors (Lipinski definition) is 4. The van der Waals surface area contributed by atoms with Crippen LogP contribution in [0.3, 0.4) is 0 Å². The normalized spacial score (nSPS) is 19.3. The van der Waals surface area contributed by atoms with E-state index in [4.69, 9.17) is 15.2 Å². The van der Waals surface area contributed by atoms with Gasteiger partial charge in [-0.1, -0.05) is 0 Å². The summed E-state index contributed by atoms with van der Waals surface area (Å²) in [7, 11) is 0. The molecule has 1 rings (SSSR count). The lowest BCUT2D eigenvalue weighted by atomic mass is 9.93. The molecule has 1 amide bonds. The number of ether oxygens (including phenoxy) is 2. The maximum Gasteiger partial charge on any atom is 0.407 e. The topological polar surface area (TPSA) is 73.6 Å². The lowest BCUT2D eigenvalue weighted by Gasteiger charge is -2.25. The van der Waals surface area contributed by atoms with Crippen LogP contribution < -0.4 is 11.1 Å². The summed E-state index contributed by atoms with van der Waals surface area (Å²) in [5.41, 5.74) is 5.54. The molecule has 5 nitrogen and oxygen atoms in total. The molecule has 0 aromatic rings. The monoisotopic (exact) mass is 258 g/mol. The van der Waals surface area contributed by atoms with Crippen LogP contribution in [0.4, 0.5) is 4.79 Å². The van der Waals surface area contributed by atoms with Crippen LogP contribution in [0.15, 0.2) is 0 Å². The van der Waals surface area contributed by atoms with Gasteiger partial charge in [0.2, 0.25) is 0 Å². The Kier molecular flexibility index (Phi) is 5.88. The summed E-state index contributed by atoms with van der Waals surface area (Å²) in [6.07, 6.45) is 2.67. The van der Waals surface area contributed by atoms with E-state index < -0.39 is 11.7 Å². The van der Waals surface area contributed by atoms with Crippen LogP contribution in [0.2, 0.25) is 0 Å². The lowest BCUT2D eigenvalue weighted by molar-refractivity contribution is 0.0507. The summed E-state index contributed by atoms with van der Waals surface area (Å²) in [4.78, 5) is 11.4. The Hall–Kier alpha value is -0.810. The molecule has 0 spiro atoms. The molecule has 1 heterocycles. The van der Waals surface area contributed by atoms with E-state index in [0.29, 0.717) is 12.5 Å². The van der Waals surface area contributed by atoms with Gasteiger partial charge < -0.3 is 20.5 Å². The minimum Gasteiger partial charge on any atom is -0.444 e. The Morgan fingerprint density at radius 1 is 1.44 bits per heavy atom. The summed E-state index contributed by atoms with van der Waals surface area (Å²) in [5, 5.41) is 2.71. The maximum atomic E-state index is 11.4.